The summed E-state index contributed by atoms with van der Waals surface area (Å²) in [6.45, 7) is 2.03. The first-order chi connectivity index (χ1) is 14.0. The van der Waals surface area contributed by atoms with Crippen LogP contribution in [0.3, 0.4) is 0 Å². The maximum atomic E-state index is 12.5. The van der Waals surface area contributed by atoms with Crippen molar-refractivity contribution in [3.05, 3.63) is 70.8 Å². The molecule has 29 heavy (non-hydrogen) atoms. The van der Waals surface area contributed by atoms with Gasteiger partial charge >= 0.3 is 5.97 Å². The monoisotopic (exact) mass is 392 g/mol. The van der Waals surface area contributed by atoms with E-state index in [9.17, 15) is 19.2 Å². The van der Waals surface area contributed by atoms with Crippen molar-refractivity contribution in [2.24, 2.45) is 0 Å². The van der Waals surface area contributed by atoms with Crippen molar-refractivity contribution in [1.82, 2.24) is 9.80 Å². The Bertz CT molecular complexity index is 981. The molecule has 0 bridgehead atoms. The Morgan fingerprint density at radius 3 is 2.21 bits per heavy atom. The smallest absolute Gasteiger partial charge is 0.329 e. The van der Waals surface area contributed by atoms with Gasteiger partial charge in [0.05, 0.1) is 11.1 Å². The molecule has 0 aromatic heterocycles. The molecule has 3 amide bonds. The van der Waals surface area contributed by atoms with E-state index in [2.05, 4.69) is 0 Å². The molecule has 0 fully saturated rings. The highest BCUT2D eigenvalue weighted by Crippen LogP contribution is 2.25. The van der Waals surface area contributed by atoms with E-state index in [1.54, 1.807) is 29.2 Å². The van der Waals surface area contributed by atoms with Crippen LogP contribution in [-0.4, -0.2) is 52.7 Å². The van der Waals surface area contributed by atoms with Crippen molar-refractivity contribution in [2.45, 2.75) is 25.9 Å². The normalized spacial score (nSPS) is 16.3. The lowest BCUT2D eigenvalue weighted by molar-refractivity contribution is -0.155. The molecule has 0 saturated carbocycles. The fourth-order valence-corrected chi connectivity index (χ4v) is 3.72. The molecule has 2 heterocycles. The highest BCUT2D eigenvalue weighted by atomic mass is 16.5. The van der Waals surface area contributed by atoms with Crippen LogP contribution in [0.2, 0.25) is 0 Å². The van der Waals surface area contributed by atoms with E-state index in [0.29, 0.717) is 13.1 Å². The third kappa shape index (κ3) is 3.40. The molecule has 2 aromatic carbocycles. The van der Waals surface area contributed by atoms with Crippen molar-refractivity contribution in [2.75, 3.05) is 13.2 Å². The Morgan fingerprint density at radius 1 is 0.966 bits per heavy atom. The summed E-state index contributed by atoms with van der Waals surface area (Å²) >= 11 is 0. The summed E-state index contributed by atoms with van der Waals surface area (Å²) in [7, 11) is 0. The topological polar surface area (TPSA) is 84.0 Å². The second-order valence-corrected chi connectivity index (χ2v) is 7.14. The average molecular weight is 392 g/mol. The second kappa shape index (κ2) is 7.50. The van der Waals surface area contributed by atoms with E-state index in [1.165, 1.54) is 12.5 Å². The first-order valence-electron chi connectivity index (χ1n) is 9.45. The van der Waals surface area contributed by atoms with Crippen LogP contribution in [-0.2, 0) is 27.3 Å². The highest BCUT2D eigenvalue weighted by Gasteiger charge is 2.41. The van der Waals surface area contributed by atoms with Crippen molar-refractivity contribution in [3.63, 3.8) is 0 Å². The van der Waals surface area contributed by atoms with Gasteiger partial charge in [-0.1, -0.05) is 36.4 Å². The van der Waals surface area contributed by atoms with Crippen LogP contribution < -0.4 is 0 Å². The molecule has 2 aliphatic heterocycles. The van der Waals surface area contributed by atoms with Gasteiger partial charge in [0.25, 0.3) is 17.7 Å². The molecule has 4 rings (SSSR count). The van der Waals surface area contributed by atoms with Crippen LogP contribution in [0.4, 0.5) is 0 Å². The molecule has 2 aliphatic rings. The van der Waals surface area contributed by atoms with Gasteiger partial charge in [-0.15, -0.1) is 0 Å². The van der Waals surface area contributed by atoms with E-state index in [-0.39, 0.29) is 17.0 Å². The molecule has 2 aromatic rings. The van der Waals surface area contributed by atoms with E-state index in [0.717, 1.165) is 16.9 Å². The zero-order chi connectivity index (χ0) is 20.5. The molecular weight excluding hydrogens is 372 g/mol. The second-order valence-electron chi connectivity index (χ2n) is 7.14. The van der Waals surface area contributed by atoms with Gasteiger partial charge in [-0.3, -0.25) is 19.3 Å². The van der Waals surface area contributed by atoms with Crippen LogP contribution in [0.1, 0.15) is 38.8 Å². The Labute approximate surface area is 167 Å². The summed E-state index contributed by atoms with van der Waals surface area (Å²) in [5.74, 6) is -2.16. The van der Waals surface area contributed by atoms with Gasteiger partial charge in [0.2, 0.25) is 0 Å². The standard InChI is InChI=1S/C22H20N2O5/c1-14(24-20(26)17-8-4-5-9-18(17)21(24)27)22(28)29-13-19(25)23-11-10-15-6-2-3-7-16(15)12-23/h2-9,14H,10-13H2,1H3/t14-/m0/s1. The van der Waals surface area contributed by atoms with Gasteiger partial charge in [-0.05, 0) is 36.6 Å². The molecule has 0 saturated heterocycles. The molecule has 0 unspecified atom stereocenters. The number of amides is 3. The first kappa shape index (κ1) is 18.9. The predicted molar refractivity (Wildman–Crippen MR) is 103 cm³/mol. The number of benzene rings is 2. The Hall–Kier alpha value is -3.48. The lowest BCUT2D eigenvalue weighted by Gasteiger charge is -2.29. The molecule has 1 atom stereocenters. The van der Waals surface area contributed by atoms with Gasteiger partial charge in [-0.25, -0.2) is 4.79 Å². The van der Waals surface area contributed by atoms with E-state index in [1.807, 2.05) is 24.3 Å². The molecule has 0 N–H and O–H groups in total. The molecule has 7 heteroatoms. The van der Waals surface area contributed by atoms with Crippen molar-refractivity contribution in [3.8, 4) is 0 Å². The van der Waals surface area contributed by atoms with Crippen molar-refractivity contribution in [1.29, 1.82) is 0 Å². The average Bonchev–Trinajstić information content (AvgIpc) is 3.01. The van der Waals surface area contributed by atoms with Crippen LogP contribution in [0.5, 0.6) is 0 Å². The number of carbonyl (C=O) groups is 4. The minimum absolute atomic E-state index is 0.264. The highest BCUT2D eigenvalue weighted by molar-refractivity contribution is 6.22. The molecule has 0 aliphatic carbocycles. The number of esters is 1. The van der Waals surface area contributed by atoms with E-state index in [4.69, 9.17) is 4.74 Å². The Balaban J connectivity index is 1.36. The lowest BCUT2D eigenvalue weighted by Crippen LogP contribution is -2.45. The van der Waals surface area contributed by atoms with Gasteiger partial charge < -0.3 is 9.64 Å². The van der Waals surface area contributed by atoms with Crippen molar-refractivity contribution >= 4 is 23.7 Å². The summed E-state index contributed by atoms with van der Waals surface area (Å²) in [4.78, 5) is 52.4. The van der Waals surface area contributed by atoms with Crippen LogP contribution in [0, 0.1) is 0 Å². The number of hydrogen-bond donors (Lipinski definition) is 0. The van der Waals surface area contributed by atoms with E-state index < -0.39 is 30.4 Å². The fraction of sp³-hybridized carbons (Fsp3) is 0.273. The zero-order valence-corrected chi connectivity index (χ0v) is 16.0. The maximum Gasteiger partial charge on any atom is 0.329 e. The molecule has 7 nitrogen and oxygen atoms in total. The molecule has 148 valence electrons. The number of fused-ring (bicyclic) bond motifs is 2. The number of imide groups is 1. The number of carbonyl (C=O) groups excluding carboxylic acids is 4. The van der Waals surface area contributed by atoms with Gasteiger partial charge in [0.1, 0.15) is 6.04 Å². The van der Waals surface area contributed by atoms with Crippen LogP contribution >= 0.6 is 0 Å². The molecule has 0 spiro atoms. The third-order valence-electron chi connectivity index (χ3n) is 5.38. The lowest BCUT2D eigenvalue weighted by atomic mass is 10.00. The molecule has 0 radical (unpaired) electrons. The van der Waals surface area contributed by atoms with E-state index >= 15 is 0 Å². The number of ether oxygens (including phenoxy) is 1. The Kier molecular flexibility index (Phi) is 4.88. The maximum absolute atomic E-state index is 12.5. The van der Waals surface area contributed by atoms with Gasteiger partial charge in [0.15, 0.2) is 6.61 Å². The third-order valence-corrected chi connectivity index (χ3v) is 5.38. The number of hydrogen-bond acceptors (Lipinski definition) is 5. The largest absolute Gasteiger partial charge is 0.454 e. The fourth-order valence-electron chi connectivity index (χ4n) is 3.72. The summed E-state index contributed by atoms with van der Waals surface area (Å²) in [6, 6.07) is 13.2. The Morgan fingerprint density at radius 2 is 1.55 bits per heavy atom. The zero-order valence-electron chi connectivity index (χ0n) is 16.0. The van der Waals surface area contributed by atoms with Gasteiger partial charge in [0, 0.05) is 13.1 Å². The van der Waals surface area contributed by atoms with Crippen molar-refractivity contribution < 1.29 is 23.9 Å². The minimum Gasteiger partial charge on any atom is -0.454 e. The van der Waals surface area contributed by atoms with Gasteiger partial charge in [-0.2, -0.15) is 0 Å². The predicted octanol–water partition coefficient (Wildman–Crippen LogP) is 1.80. The summed E-state index contributed by atoms with van der Waals surface area (Å²) < 4.78 is 5.14. The number of rotatable bonds is 4. The molecular formula is C22H20N2O5. The summed E-state index contributed by atoms with van der Waals surface area (Å²) in [5.41, 5.74) is 2.83. The minimum atomic E-state index is -1.11. The van der Waals surface area contributed by atoms with Crippen LogP contribution in [0.25, 0.3) is 0 Å². The first-order valence-corrected chi connectivity index (χ1v) is 9.45. The summed E-state index contributed by atoms with van der Waals surface area (Å²) in [6.07, 6.45) is 0.751. The quantitative estimate of drug-likeness (QED) is 0.585. The SMILES string of the molecule is C[C@@H](C(=O)OCC(=O)N1CCc2ccccc2C1)N1C(=O)c2ccccc2C1=O. The van der Waals surface area contributed by atoms with Crippen LogP contribution in [0.15, 0.2) is 48.5 Å². The summed E-state index contributed by atoms with van der Waals surface area (Å²) in [5, 5.41) is 0. The number of nitrogens with zero attached hydrogens (tertiary/aromatic N) is 2.